The number of amides is 1. The van der Waals surface area contributed by atoms with Gasteiger partial charge in [-0.2, -0.15) is 0 Å². The van der Waals surface area contributed by atoms with Crippen LogP contribution in [0.25, 0.3) is 10.1 Å². The van der Waals surface area contributed by atoms with E-state index in [9.17, 15) is 18.0 Å². The number of fused-ring (bicyclic) bond motifs is 1. The number of Topliss-reactive ketones (excluding diaryl/α,β-unsaturated/α-hetero) is 1. The highest BCUT2D eigenvalue weighted by Crippen LogP contribution is 2.27. The molecule has 0 spiro atoms. The third-order valence-corrected chi connectivity index (χ3v) is 7.68. The molecule has 0 saturated heterocycles. The molecule has 9 nitrogen and oxygen atoms in total. The van der Waals surface area contributed by atoms with E-state index in [2.05, 4.69) is 15.0 Å². The van der Waals surface area contributed by atoms with Gasteiger partial charge in [0.05, 0.1) is 15.8 Å². The number of aliphatic imine (C=N–C) groups is 1. The van der Waals surface area contributed by atoms with Gasteiger partial charge in [-0.25, -0.2) is 17.9 Å². The number of nitrogens with zero attached hydrogens (tertiary/aromatic N) is 1. The van der Waals surface area contributed by atoms with Gasteiger partial charge in [-0.3, -0.25) is 9.79 Å². The first kappa shape index (κ1) is 28.1. The number of sulfonamides is 1. The smallest absolute Gasteiger partial charge is 0.408 e. The Labute approximate surface area is 221 Å². The minimum atomic E-state index is -3.86. The number of ether oxygens (including phenoxy) is 1. The van der Waals surface area contributed by atoms with Crippen LogP contribution in [0, 0.1) is 6.92 Å². The van der Waals surface area contributed by atoms with Gasteiger partial charge in [-0.05, 0) is 70.2 Å². The molecule has 0 aliphatic carbocycles. The Kier molecular flexibility index (Phi) is 8.93. The Morgan fingerprint density at radius 3 is 2.43 bits per heavy atom. The van der Waals surface area contributed by atoms with Crippen molar-refractivity contribution in [3.8, 4) is 0 Å². The zero-order valence-electron chi connectivity index (χ0n) is 21.3. The first-order valence-corrected chi connectivity index (χ1v) is 14.1. The highest BCUT2D eigenvalue weighted by molar-refractivity contribution is 7.90. The van der Waals surface area contributed by atoms with Crippen LogP contribution < -0.4 is 15.8 Å². The third kappa shape index (κ3) is 8.29. The first-order chi connectivity index (χ1) is 17.3. The molecule has 4 N–H and O–H groups in total. The van der Waals surface area contributed by atoms with Crippen LogP contribution in [0.15, 0.2) is 64.5 Å². The van der Waals surface area contributed by atoms with Crippen molar-refractivity contribution in [3.63, 3.8) is 0 Å². The molecular formula is C26H32N4O5S2. The van der Waals surface area contributed by atoms with E-state index in [1.807, 2.05) is 37.3 Å². The van der Waals surface area contributed by atoms with E-state index in [1.54, 1.807) is 32.9 Å². The molecule has 37 heavy (non-hydrogen) atoms. The standard InChI is InChI=1S/C26H32N4O5S2/c1-17-11-13-19(14-12-17)37(33,34)30-24(27)28-15-7-9-20(29-25(32)35-26(2,3)4)23(31)22-16-18-8-5-6-10-21(18)36-22/h5-6,8,10-14,16,20H,7,9,15H2,1-4H3,(H,29,32)(H3,27,28,30)/t20-/m0/s1. The summed E-state index contributed by atoms with van der Waals surface area (Å²) in [5, 5.41) is 3.62. The predicted octanol–water partition coefficient (Wildman–Crippen LogP) is 4.36. The average Bonchev–Trinajstić information content (AvgIpc) is 3.23. The van der Waals surface area contributed by atoms with Crippen molar-refractivity contribution in [2.45, 2.75) is 57.1 Å². The van der Waals surface area contributed by atoms with Crippen molar-refractivity contribution >= 4 is 49.3 Å². The lowest BCUT2D eigenvalue weighted by molar-refractivity contribution is 0.0488. The van der Waals surface area contributed by atoms with E-state index in [0.29, 0.717) is 11.3 Å². The van der Waals surface area contributed by atoms with Crippen molar-refractivity contribution < 1.29 is 22.7 Å². The van der Waals surface area contributed by atoms with Crippen LogP contribution in [0.3, 0.4) is 0 Å². The summed E-state index contributed by atoms with van der Waals surface area (Å²) in [5.41, 5.74) is 6.00. The number of alkyl carbamates (subject to hydrolysis) is 1. The maximum absolute atomic E-state index is 13.3. The van der Waals surface area contributed by atoms with Gasteiger partial charge in [0.1, 0.15) is 5.60 Å². The summed E-state index contributed by atoms with van der Waals surface area (Å²) in [6, 6.07) is 15.0. The number of guanidine groups is 1. The van der Waals surface area contributed by atoms with E-state index in [1.165, 1.54) is 23.5 Å². The molecule has 0 aliphatic heterocycles. The average molecular weight is 545 g/mol. The topological polar surface area (TPSA) is 140 Å². The summed E-state index contributed by atoms with van der Waals surface area (Å²) in [6.07, 6.45) is -0.0708. The predicted molar refractivity (Wildman–Crippen MR) is 147 cm³/mol. The van der Waals surface area contributed by atoms with E-state index < -0.39 is 27.8 Å². The van der Waals surface area contributed by atoms with Gasteiger partial charge >= 0.3 is 6.09 Å². The molecule has 11 heteroatoms. The van der Waals surface area contributed by atoms with Crippen molar-refractivity contribution in [1.29, 1.82) is 0 Å². The number of ketones is 1. The van der Waals surface area contributed by atoms with E-state index in [0.717, 1.165) is 15.6 Å². The third-order valence-electron chi connectivity index (χ3n) is 5.18. The Bertz CT molecular complexity index is 1360. The fraction of sp³-hybridized carbons (Fsp3) is 0.346. The second-order valence-electron chi connectivity index (χ2n) is 9.54. The molecule has 0 saturated carbocycles. The summed E-state index contributed by atoms with van der Waals surface area (Å²) in [6.45, 7) is 7.23. The van der Waals surface area contributed by atoms with E-state index in [4.69, 9.17) is 10.5 Å². The van der Waals surface area contributed by atoms with Gasteiger partial charge < -0.3 is 15.8 Å². The molecule has 1 atom stereocenters. The van der Waals surface area contributed by atoms with E-state index in [-0.39, 0.29) is 29.6 Å². The second kappa shape index (κ2) is 11.7. The minimum Gasteiger partial charge on any atom is -0.444 e. The number of benzene rings is 2. The lowest BCUT2D eigenvalue weighted by atomic mass is 10.1. The Hall–Kier alpha value is -3.44. The van der Waals surface area contributed by atoms with Crippen molar-refractivity contribution in [1.82, 2.24) is 10.0 Å². The summed E-state index contributed by atoms with van der Waals surface area (Å²) in [4.78, 5) is 30.4. The summed E-state index contributed by atoms with van der Waals surface area (Å²) >= 11 is 1.36. The zero-order chi connectivity index (χ0) is 27.2. The number of carbonyl (C=O) groups is 2. The SMILES string of the molecule is Cc1ccc(S(=O)(=O)NC(N)=NCCC[C@H](NC(=O)OC(C)(C)C)C(=O)c2cc3ccccc3s2)cc1. The number of aryl methyl sites for hydroxylation is 1. The molecule has 1 amide bonds. The molecular weight excluding hydrogens is 512 g/mol. The number of hydrogen-bond acceptors (Lipinski definition) is 7. The van der Waals surface area contributed by atoms with Gasteiger partial charge in [0, 0.05) is 11.2 Å². The van der Waals surface area contributed by atoms with Gasteiger partial charge in [-0.1, -0.05) is 35.9 Å². The van der Waals surface area contributed by atoms with Crippen LogP contribution >= 0.6 is 11.3 Å². The zero-order valence-corrected chi connectivity index (χ0v) is 22.9. The highest BCUT2D eigenvalue weighted by Gasteiger charge is 2.26. The largest absolute Gasteiger partial charge is 0.444 e. The maximum atomic E-state index is 13.3. The van der Waals surface area contributed by atoms with Crippen molar-refractivity contribution in [2.24, 2.45) is 10.7 Å². The van der Waals surface area contributed by atoms with Crippen LogP contribution in [-0.4, -0.2) is 44.4 Å². The van der Waals surface area contributed by atoms with Crippen LogP contribution in [-0.2, 0) is 14.8 Å². The lowest BCUT2D eigenvalue weighted by Crippen LogP contribution is -2.43. The fourth-order valence-corrected chi connectivity index (χ4v) is 5.44. The fourth-order valence-electron chi connectivity index (χ4n) is 3.43. The monoisotopic (exact) mass is 544 g/mol. The molecule has 3 aromatic rings. The quantitative estimate of drug-likeness (QED) is 0.158. The summed E-state index contributed by atoms with van der Waals surface area (Å²) < 4.78 is 33.5. The molecule has 0 bridgehead atoms. The molecule has 0 aliphatic rings. The van der Waals surface area contributed by atoms with Gasteiger partial charge in [-0.15, -0.1) is 11.3 Å². The Morgan fingerprint density at radius 1 is 1.11 bits per heavy atom. The Morgan fingerprint density at radius 2 is 1.78 bits per heavy atom. The van der Waals surface area contributed by atoms with Gasteiger partial charge in [0.25, 0.3) is 10.0 Å². The van der Waals surface area contributed by atoms with Crippen molar-refractivity contribution in [3.05, 3.63) is 65.0 Å². The number of nitrogens with two attached hydrogens (primary N) is 1. The lowest BCUT2D eigenvalue weighted by Gasteiger charge is -2.23. The molecule has 198 valence electrons. The number of carbonyl (C=O) groups excluding carboxylic acids is 2. The molecule has 1 aromatic heterocycles. The normalized spacial score (nSPS) is 13.2. The summed E-state index contributed by atoms with van der Waals surface area (Å²) in [5.74, 6) is -0.489. The number of thiophene rings is 1. The van der Waals surface area contributed by atoms with Crippen LogP contribution in [0.5, 0.6) is 0 Å². The molecule has 2 aromatic carbocycles. The molecule has 0 radical (unpaired) electrons. The van der Waals surface area contributed by atoms with Crippen LogP contribution in [0.2, 0.25) is 0 Å². The number of rotatable bonds is 9. The second-order valence-corrected chi connectivity index (χ2v) is 12.3. The Balaban J connectivity index is 1.66. The molecule has 0 fully saturated rings. The maximum Gasteiger partial charge on any atom is 0.408 e. The van der Waals surface area contributed by atoms with Gasteiger partial charge in [0.2, 0.25) is 5.96 Å². The van der Waals surface area contributed by atoms with Crippen LogP contribution in [0.4, 0.5) is 4.79 Å². The molecule has 0 unspecified atom stereocenters. The summed E-state index contributed by atoms with van der Waals surface area (Å²) in [7, 11) is -3.86. The van der Waals surface area contributed by atoms with Gasteiger partial charge in [0.15, 0.2) is 5.78 Å². The highest BCUT2D eigenvalue weighted by atomic mass is 32.2. The first-order valence-electron chi connectivity index (χ1n) is 11.8. The number of hydrogen-bond donors (Lipinski definition) is 3. The van der Waals surface area contributed by atoms with Crippen molar-refractivity contribution in [2.75, 3.05) is 6.54 Å². The molecule has 1 heterocycles. The molecule has 3 rings (SSSR count). The van der Waals surface area contributed by atoms with Crippen LogP contribution in [0.1, 0.15) is 48.8 Å². The van der Waals surface area contributed by atoms with E-state index >= 15 is 0 Å². The number of nitrogens with one attached hydrogen (secondary N) is 2. The minimum absolute atomic E-state index is 0.0757.